The first-order valence-corrected chi connectivity index (χ1v) is 13.9. The zero-order valence-electron chi connectivity index (χ0n) is 22.9. The number of rotatable bonds is 9. The normalized spacial score (nSPS) is 15.5. The zero-order chi connectivity index (χ0) is 28.4. The minimum absolute atomic E-state index is 0.116. The highest BCUT2D eigenvalue weighted by molar-refractivity contribution is 6.01. The monoisotopic (exact) mass is 557 g/mol. The van der Waals surface area contributed by atoms with Gasteiger partial charge in [0.1, 0.15) is 17.3 Å². The number of imide groups is 1. The van der Waals surface area contributed by atoms with Crippen LogP contribution in [0.2, 0.25) is 0 Å². The van der Waals surface area contributed by atoms with Crippen molar-refractivity contribution < 1.29 is 19.1 Å². The highest BCUT2D eigenvalue weighted by Gasteiger charge is 2.22. The van der Waals surface area contributed by atoms with Crippen LogP contribution in [-0.4, -0.2) is 90.0 Å². The summed E-state index contributed by atoms with van der Waals surface area (Å²) in [6.45, 7) is 7.67. The Hall–Kier alpha value is -4.48. The molecule has 3 aromatic rings. The van der Waals surface area contributed by atoms with Gasteiger partial charge < -0.3 is 19.9 Å². The van der Waals surface area contributed by atoms with Crippen LogP contribution in [0.5, 0.6) is 11.5 Å². The summed E-state index contributed by atoms with van der Waals surface area (Å²) in [7, 11) is 0. The van der Waals surface area contributed by atoms with E-state index < -0.39 is 11.9 Å². The molecule has 5 amide bonds. The summed E-state index contributed by atoms with van der Waals surface area (Å²) in [5.41, 5.74) is 1.33. The number of aromatic nitrogens is 1. The number of ether oxygens (including phenoxy) is 1. The number of anilines is 2. The molecular formula is C30H35N7O4. The van der Waals surface area contributed by atoms with Gasteiger partial charge in [-0.1, -0.05) is 30.3 Å². The van der Waals surface area contributed by atoms with Crippen molar-refractivity contribution in [2.45, 2.75) is 12.8 Å². The Bertz CT molecular complexity index is 1320. The third kappa shape index (κ3) is 8.50. The van der Waals surface area contributed by atoms with Crippen molar-refractivity contribution in [3.8, 4) is 11.5 Å². The van der Waals surface area contributed by atoms with Crippen LogP contribution in [0, 0.1) is 0 Å². The largest absolute Gasteiger partial charge is 0.457 e. The molecule has 2 aliphatic heterocycles. The molecule has 214 valence electrons. The van der Waals surface area contributed by atoms with Crippen LogP contribution in [0.15, 0.2) is 72.9 Å². The van der Waals surface area contributed by atoms with Crippen molar-refractivity contribution in [1.82, 2.24) is 25.0 Å². The predicted octanol–water partition coefficient (Wildman–Crippen LogP) is 3.62. The average Bonchev–Trinajstić information content (AvgIpc) is 2.94. The van der Waals surface area contributed by atoms with Crippen LogP contribution in [0.4, 0.5) is 21.1 Å². The number of hydrogen-bond donors (Lipinski definition) is 3. The van der Waals surface area contributed by atoms with E-state index in [4.69, 9.17) is 4.74 Å². The van der Waals surface area contributed by atoms with Gasteiger partial charge >= 0.3 is 12.1 Å². The predicted molar refractivity (Wildman–Crippen MR) is 156 cm³/mol. The summed E-state index contributed by atoms with van der Waals surface area (Å²) in [6, 6.07) is 18.5. The topological polar surface area (TPSA) is 119 Å². The van der Waals surface area contributed by atoms with E-state index in [0.717, 1.165) is 31.7 Å². The first kappa shape index (κ1) is 28.1. The lowest BCUT2D eigenvalue weighted by atomic mass is 10.1. The Balaban J connectivity index is 1.05. The number of carbonyl (C=O) groups is 3. The molecule has 2 aromatic carbocycles. The SMILES string of the molecule is O=C(Cc1ccccc1)NC(=O)Nc1ccc(Oc2ccnc(NC(=O)N3CCN(CCN4CCC4)CC3)c2)cc1. The number of hydrogen-bond acceptors (Lipinski definition) is 7. The minimum Gasteiger partial charge on any atom is -0.457 e. The second-order valence-corrected chi connectivity index (χ2v) is 10.1. The van der Waals surface area contributed by atoms with E-state index in [1.54, 1.807) is 42.6 Å². The van der Waals surface area contributed by atoms with Gasteiger partial charge in [-0.25, -0.2) is 14.6 Å². The minimum atomic E-state index is -0.609. The fraction of sp³-hybridized carbons (Fsp3) is 0.333. The summed E-state index contributed by atoms with van der Waals surface area (Å²) in [6.07, 6.45) is 2.99. The lowest BCUT2D eigenvalue weighted by molar-refractivity contribution is -0.119. The van der Waals surface area contributed by atoms with Gasteiger partial charge in [-0.05, 0) is 55.4 Å². The molecule has 0 atom stereocenters. The first-order chi connectivity index (χ1) is 20.0. The molecule has 0 radical (unpaired) electrons. The van der Waals surface area contributed by atoms with Crippen LogP contribution < -0.4 is 20.7 Å². The van der Waals surface area contributed by atoms with Gasteiger partial charge in [-0.3, -0.25) is 20.3 Å². The molecule has 1 aromatic heterocycles. The third-order valence-electron chi connectivity index (χ3n) is 7.12. The fourth-order valence-electron chi connectivity index (χ4n) is 4.65. The number of piperazine rings is 1. The molecule has 11 heteroatoms. The Morgan fingerprint density at radius 1 is 0.780 bits per heavy atom. The molecule has 41 heavy (non-hydrogen) atoms. The molecule has 3 N–H and O–H groups in total. The first-order valence-electron chi connectivity index (χ1n) is 13.9. The van der Waals surface area contributed by atoms with E-state index in [-0.39, 0.29) is 12.5 Å². The number of amides is 5. The summed E-state index contributed by atoms with van der Waals surface area (Å²) < 4.78 is 5.91. The quantitative estimate of drug-likeness (QED) is 0.368. The zero-order valence-corrected chi connectivity index (χ0v) is 22.9. The fourth-order valence-corrected chi connectivity index (χ4v) is 4.65. The molecule has 0 spiro atoms. The van der Waals surface area contributed by atoms with Gasteiger partial charge in [0.05, 0.1) is 6.42 Å². The molecule has 11 nitrogen and oxygen atoms in total. The standard InChI is InChI=1S/C30H35N7O4/c38-28(21-23-5-2-1-3-6-23)34-29(39)32-24-7-9-25(10-8-24)41-26-11-12-31-27(22-26)33-30(40)37-19-17-36(18-20-37)16-15-35-13-4-14-35/h1-3,5-12,22H,4,13-21H2,(H,31,33,40)(H2,32,34,38,39). The van der Waals surface area contributed by atoms with E-state index in [1.165, 1.54) is 19.5 Å². The molecule has 5 rings (SSSR count). The lowest BCUT2D eigenvalue weighted by Crippen LogP contribution is -2.52. The molecule has 2 saturated heterocycles. The van der Waals surface area contributed by atoms with Gasteiger partial charge in [0, 0.05) is 57.2 Å². The van der Waals surface area contributed by atoms with Gasteiger partial charge in [-0.2, -0.15) is 0 Å². The smallest absolute Gasteiger partial charge is 0.325 e. The van der Waals surface area contributed by atoms with Crippen LogP contribution in [-0.2, 0) is 11.2 Å². The molecule has 0 unspecified atom stereocenters. The number of nitrogens with zero attached hydrogens (tertiary/aromatic N) is 4. The van der Waals surface area contributed by atoms with Gasteiger partial charge in [-0.15, -0.1) is 0 Å². The summed E-state index contributed by atoms with van der Waals surface area (Å²) >= 11 is 0. The Morgan fingerprint density at radius 2 is 1.49 bits per heavy atom. The van der Waals surface area contributed by atoms with Gasteiger partial charge in [0.15, 0.2) is 0 Å². The number of pyridine rings is 1. The molecule has 0 saturated carbocycles. The molecule has 0 aliphatic carbocycles. The van der Waals surface area contributed by atoms with Crippen LogP contribution in [0.25, 0.3) is 0 Å². The third-order valence-corrected chi connectivity index (χ3v) is 7.12. The summed E-state index contributed by atoms with van der Waals surface area (Å²) in [4.78, 5) is 48.0. The van der Waals surface area contributed by atoms with Crippen molar-refractivity contribution in [3.05, 3.63) is 78.5 Å². The van der Waals surface area contributed by atoms with Gasteiger partial charge in [0.25, 0.3) is 0 Å². The number of nitrogens with one attached hydrogen (secondary N) is 3. The van der Waals surface area contributed by atoms with Crippen LogP contribution in [0.1, 0.15) is 12.0 Å². The molecule has 0 bridgehead atoms. The number of urea groups is 2. The molecule has 2 fully saturated rings. The maximum atomic E-state index is 12.8. The number of likely N-dealkylation sites (tertiary alicyclic amines) is 1. The van der Waals surface area contributed by atoms with E-state index in [2.05, 4.69) is 30.7 Å². The molecule has 3 heterocycles. The average molecular weight is 558 g/mol. The second-order valence-electron chi connectivity index (χ2n) is 10.1. The highest BCUT2D eigenvalue weighted by atomic mass is 16.5. The number of benzene rings is 2. The second kappa shape index (κ2) is 13.7. The maximum absolute atomic E-state index is 12.8. The van der Waals surface area contributed by atoms with E-state index in [1.807, 2.05) is 35.2 Å². The molecule has 2 aliphatic rings. The summed E-state index contributed by atoms with van der Waals surface area (Å²) in [5, 5.41) is 7.83. The van der Waals surface area contributed by atoms with E-state index in [9.17, 15) is 14.4 Å². The van der Waals surface area contributed by atoms with E-state index in [0.29, 0.717) is 36.1 Å². The van der Waals surface area contributed by atoms with Crippen LogP contribution >= 0.6 is 0 Å². The Morgan fingerprint density at radius 3 is 2.17 bits per heavy atom. The van der Waals surface area contributed by atoms with Crippen molar-refractivity contribution in [2.24, 2.45) is 0 Å². The van der Waals surface area contributed by atoms with Crippen molar-refractivity contribution >= 4 is 29.5 Å². The lowest BCUT2D eigenvalue weighted by Gasteiger charge is -2.37. The molecular weight excluding hydrogens is 522 g/mol. The van der Waals surface area contributed by atoms with Crippen molar-refractivity contribution in [3.63, 3.8) is 0 Å². The highest BCUT2D eigenvalue weighted by Crippen LogP contribution is 2.24. The van der Waals surface area contributed by atoms with Crippen molar-refractivity contribution in [1.29, 1.82) is 0 Å². The summed E-state index contributed by atoms with van der Waals surface area (Å²) in [5.74, 6) is 1.06. The van der Waals surface area contributed by atoms with Crippen LogP contribution in [0.3, 0.4) is 0 Å². The van der Waals surface area contributed by atoms with Crippen molar-refractivity contribution in [2.75, 3.05) is 63.0 Å². The van der Waals surface area contributed by atoms with Gasteiger partial charge in [0.2, 0.25) is 5.91 Å². The number of carbonyl (C=O) groups excluding carboxylic acids is 3. The maximum Gasteiger partial charge on any atom is 0.325 e. The van der Waals surface area contributed by atoms with E-state index >= 15 is 0 Å². The Labute approximate surface area is 239 Å². The Kier molecular flexibility index (Phi) is 9.40.